The summed E-state index contributed by atoms with van der Waals surface area (Å²) in [6.45, 7) is 0. The van der Waals surface area contributed by atoms with Gasteiger partial charge in [0.05, 0.1) is 18.5 Å². The fourth-order valence-corrected chi connectivity index (χ4v) is 7.80. The molecule has 7 aromatic rings. The highest BCUT2D eigenvalue weighted by molar-refractivity contribution is 14.1. The highest BCUT2D eigenvalue weighted by atomic mass is 127. The van der Waals surface area contributed by atoms with Crippen molar-refractivity contribution in [3.05, 3.63) is 218 Å². The van der Waals surface area contributed by atoms with Crippen LogP contribution in [0.5, 0.6) is 17.2 Å². The number of ether oxygens (including phenoxy) is 2. The van der Waals surface area contributed by atoms with Crippen LogP contribution in [0, 0.1) is 12.5 Å². The van der Waals surface area contributed by atoms with Gasteiger partial charge in [-0.1, -0.05) is 107 Å². The normalized spacial score (nSPS) is 12.8. The predicted octanol–water partition coefficient (Wildman–Crippen LogP) is 15.1. The summed E-state index contributed by atoms with van der Waals surface area (Å²) in [7, 11) is 1.66. The monoisotopic (exact) mass is 1110 g/mol. The van der Waals surface area contributed by atoms with Crippen molar-refractivity contribution in [3.8, 4) is 17.2 Å². The summed E-state index contributed by atoms with van der Waals surface area (Å²) in [5.41, 5.74) is 7.89. The third kappa shape index (κ3) is 13.5. The van der Waals surface area contributed by atoms with Gasteiger partial charge in [-0.15, -0.1) is 0 Å². The first-order valence-electron chi connectivity index (χ1n) is 18.7. The number of rotatable bonds is 9. The van der Waals surface area contributed by atoms with E-state index in [1.54, 1.807) is 19.2 Å². The quantitative estimate of drug-likeness (QED) is 0.112. The first-order valence-corrected chi connectivity index (χ1v) is 22.4. The number of nitrogens with zero attached hydrogens (tertiary/aromatic N) is 2. The van der Waals surface area contributed by atoms with Crippen LogP contribution in [-0.2, 0) is 12.8 Å². The maximum absolute atomic E-state index is 9.81. The average molecular weight is 1110 g/mol. The van der Waals surface area contributed by atoms with Gasteiger partial charge in [-0.2, -0.15) is 0 Å². The third-order valence-corrected chi connectivity index (χ3v) is 12.2. The van der Waals surface area contributed by atoms with Gasteiger partial charge in [0.15, 0.2) is 0 Å². The van der Waals surface area contributed by atoms with Crippen LogP contribution in [0.4, 0.5) is 5.69 Å². The molecule has 0 amide bonds. The summed E-state index contributed by atoms with van der Waals surface area (Å²) in [5.74, 6) is 1.63. The van der Waals surface area contributed by atoms with E-state index in [2.05, 4.69) is 50.2 Å². The first-order chi connectivity index (χ1) is 29.4. The van der Waals surface area contributed by atoms with Gasteiger partial charge < -0.3 is 20.0 Å². The molecule has 61 heavy (non-hydrogen) atoms. The first kappa shape index (κ1) is 46.1. The van der Waals surface area contributed by atoms with E-state index in [9.17, 15) is 5.11 Å². The Bertz CT molecular complexity index is 2660. The summed E-state index contributed by atoms with van der Waals surface area (Å²) >= 11 is 28.7. The Kier molecular flexibility index (Phi) is 17.1. The average Bonchev–Trinajstić information content (AvgIpc) is 3.26. The number of phenolic OH excluding ortho intramolecular Hbond substituents is 1. The Labute approximate surface area is 403 Å². The van der Waals surface area contributed by atoms with Crippen LogP contribution >= 0.6 is 91.6 Å². The molecule has 6 nitrogen and oxygen atoms in total. The van der Waals surface area contributed by atoms with E-state index >= 15 is 0 Å². The van der Waals surface area contributed by atoms with Crippen LogP contribution in [0.25, 0.3) is 0 Å². The third-order valence-electron chi connectivity index (χ3n) is 9.11. The molecular formula is C49H37Cl4I2N3O3. The SMILES string of the molecule is COc1ccc(N=Cc2ccccc2)cc1.Clc1ccc(I)c(CC2=NC(c3ccccc3)Oc3cc(Cl)ccc32)c1.N=C(Cc1cc(Cl)ccc1I)c1ccc(Cl)cc1O. The molecule has 0 bridgehead atoms. The molecule has 1 aliphatic rings. The summed E-state index contributed by atoms with van der Waals surface area (Å²) in [5, 5.41) is 20.4. The summed E-state index contributed by atoms with van der Waals surface area (Å²) in [4.78, 5) is 9.27. The standard InChI is InChI=1S/C21H14Cl2INO.C14H10Cl2INO.C14H13NO/c22-15-7-9-18(24)14(10-15)11-19-17-8-6-16(23)12-20(17)26-21(25-19)13-4-2-1-3-5-13;15-9-2-4-12(17)8(5-9)6-13(18)11-3-1-10(16)7-14(11)19;1-16-14-9-7-13(8-10-14)15-11-12-5-3-2-4-6-12/h1-10,12,21H,11H2;1-5,7,18-19H,6H2;2-11H,1H3. The van der Waals surface area contributed by atoms with Gasteiger partial charge >= 0.3 is 0 Å². The summed E-state index contributed by atoms with van der Waals surface area (Å²) in [6, 6.07) is 49.6. The van der Waals surface area contributed by atoms with Crippen LogP contribution in [0.3, 0.4) is 0 Å². The van der Waals surface area contributed by atoms with E-state index < -0.39 is 0 Å². The van der Waals surface area contributed by atoms with Crippen LogP contribution in [-0.4, -0.2) is 29.9 Å². The fraction of sp³-hybridized carbons (Fsp3) is 0.0816. The van der Waals surface area contributed by atoms with Gasteiger partial charge in [-0.3, -0.25) is 4.99 Å². The lowest BCUT2D eigenvalue weighted by atomic mass is 9.99. The maximum Gasteiger partial charge on any atom is 0.216 e. The number of methoxy groups -OCH3 is 1. The van der Waals surface area contributed by atoms with Crippen molar-refractivity contribution in [3.63, 3.8) is 0 Å². The van der Waals surface area contributed by atoms with Crippen molar-refractivity contribution in [2.24, 2.45) is 9.98 Å². The number of aromatic hydroxyl groups is 1. The number of halogens is 6. The number of phenols is 1. The predicted molar refractivity (Wildman–Crippen MR) is 270 cm³/mol. The van der Waals surface area contributed by atoms with Crippen molar-refractivity contribution < 1.29 is 14.6 Å². The van der Waals surface area contributed by atoms with Crippen molar-refractivity contribution in [2.45, 2.75) is 19.1 Å². The van der Waals surface area contributed by atoms with Gasteiger partial charge in [0.2, 0.25) is 6.23 Å². The second-order valence-corrected chi connectivity index (χ2v) is 17.5. The number of fused-ring (bicyclic) bond motifs is 1. The lowest BCUT2D eigenvalue weighted by molar-refractivity contribution is 0.210. The minimum Gasteiger partial charge on any atom is -0.507 e. The van der Waals surface area contributed by atoms with Gasteiger partial charge in [0.25, 0.3) is 0 Å². The molecule has 8 rings (SSSR count). The minimum absolute atomic E-state index is 0.0227. The zero-order valence-corrected chi connectivity index (χ0v) is 39.8. The number of aliphatic imine (C=N–C) groups is 2. The Hall–Kier alpha value is -4.43. The van der Waals surface area contributed by atoms with Gasteiger partial charge in [0, 0.05) is 68.7 Å². The van der Waals surface area contributed by atoms with Gasteiger partial charge in [0.1, 0.15) is 17.2 Å². The van der Waals surface area contributed by atoms with E-state index in [-0.39, 0.29) is 12.0 Å². The number of hydrogen-bond acceptors (Lipinski definition) is 6. The van der Waals surface area contributed by atoms with Crippen LogP contribution < -0.4 is 9.47 Å². The molecule has 0 spiro atoms. The van der Waals surface area contributed by atoms with E-state index in [4.69, 9.17) is 66.3 Å². The van der Waals surface area contributed by atoms with Crippen LogP contribution in [0.1, 0.15) is 39.6 Å². The minimum atomic E-state index is -0.381. The molecule has 0 aromatic heterocycles. The highest BCUT2D eigenvalue weighted by Crippen LogP contribution is 2.36. The van der Waals surface area contributed by atoms with Crippen molar-refractivity contribution in [1.29, 1.82) is 5.41 Å². The summed E-state index contributed by atoms with van der Waals surface area (Å²) < 4.78 is 13.4. The lowest BCUT2D eigenvalue weighted by Gasteiger charge is -2.25. The second kappa shape index (κ2) is 22.6. The number of nitrogens with one attached hydrogen (secondary N) is 1. The van der Waals surface area contributed by atoms with E-state index in [1.807, 2.05) is 146 Å². The molecular weight excluding hydrogens is 1070 g/mol. The number of hydrogen-bond donors (Lipinski definition) is 2. The van der Waals surface area contributed by atoms with E-state index in [0.717, 1.165) is 62.9 Å². The topological polar surface area (TPSA) is 87.3 Å². The molecule has 2 N–H and O–H groups in total. The Balaban J connectivity index is 0.000000159. The molecule has 12 heteroatoms. The van der Waals surface area contributed by atoms with Crippen molar-refractivity contribution in [1.82, 2.24) is 0 Å². The molecule has 7 aromatic carbocycles. The second-order valence-electron chi connectivity index (χ2n) is 13.4. The molecule has 0 aliphatic carbocycles. The van der Waals surface area contributed by atoms with Crippen molar-refractivity contribution >= 4 is 115 Å². The molecule has 0 fully saturated rings. The van der Waals surface area contributed by atoms with E-state index in [0.29, 0.717) is 39.2 Å². The lowest BCUT2D eigenvalue weighted by Crippen LogP contribution is -2.19. The Morgan fingerprint density at radius 1 is 0.721 bits per heavy atom. The zero-order valence-electron chi connectivity index (χ0n) is 32.5. The molecule has 1 heterocycles. The molecule has 0 saturated heterocycles. The molecule has 1 unspecified atom stereocenters. The van der Waals surface area contributed by atoms with Gasteiger partial charge in [-0.05, 0) is 159 Å². The Morgan fingerprint density at radius 2 is 1.30 bits per heavy atom. The zero-order chi connectivity index (χ0) is 43.3. The fourth-order valence-electron chi connectivity index (χ4n) is 6.03. The number of benzene rings is 7. The molecule has 1 aliphatic heterocycles. The highest BCUT2D eigenvalue weighted by Gasteiger charge is 2.24. The molecule has 1 atom stereocenters. The van der Waals surface area contributed by atoms with Crippen LogP contribution in [0.15, 0.2) is 168 Å². The van der Waals surface area contributed by atoms with Gasteiger partial charge in [-0.25, -0.2) is 4.99 Å². The van der Waals surface area contributed by atoms with Crippen molar-refractivity contribution in [2.75, 3.05) is 7.11 Å². The molecule has 0 saturated carbocycles. The summed E-state index contributed by atoms with van der Waals surface area (Å²) in [6.07, 6.45) is 2.56. The smallest absolute Gasteiger partial charge is 0.216 e. The Morgan fingerprint density at radius 3 is 1.95 bits per heavy atom. The van der Waals surface area contributed by atoms with E-state index in [1.165, 1.54) is 6.07 Å². The molecule has 308 valence electrons. The maximum atomic E-state index is 9.81. The van der Waals surface area contributed by atoms with Crippen LogP contribution in [0.2, 0.25) is 20.1 Å². The molecule has 0 radical (unpaired) electrons. The largest absolute Gasteiger partial charge is 0.507 e.